The third-order valence-electron chi connectivity index (χ3n) is 3.40. The summed E-state index contributed by atoms with van der Waals surface area (Å²) in [7, 11) is -1.12. The fourth-order valence-corrected chi connectivity index (χ4v) is 3.40. The Kier molecular flexibility index (Phi) is 6.53. The summed E-state index contributed by atoms with van der Waals surface area (Å²) in [5, 5.41) is 2.38. The van der Waals surface area contributed by atoms with E-state index in [9.17, 15) is 22.4 Å². The number of nitrogens with zero attached hydrogens (tertiary/aromatic N) is 1. The van der Waals surface area contributed by atoms with Crippen LogP contribution >= 0.6 is 11.6 Å². The van der Waals surface area contributed by atoms with E-state index in [0.29, 0.717) is 0 Å². The smallest absolute Gasteiger partial charge is 0.341 e. The van der Waals surface area contributed by atoms with Gasteiger partial charge in [-0.1, -0.05) is 23.7 Å². The van der Waals surface area contributed by atoms with Crippen LogP contribution < -0.4 is 5.32 Å². The lowest BCUT2D eigenvalue weighted by Crippen LogP contribution is -2.23. The average molecular weight is 415 g/mol. The molecule has 0 spiro atoms. The molecule has 0 saturated heterocycles. The van der Waals surface area contributed by atoms with E-state index in [1.165, 1.54) is 50.5 Å². The molecule has 2 aromatic rings. The predicted molar refractivity (Wildman–Crippen MR) is 97.6 cm³/mol. The molecule has 0 fully saturated rings. The number of sulfonamides is 1. The molecule has 27 heavy (non-hydrogen) atoms. The Labute approximate surface area is 160 Å². The fourth-order valence-electron chi connectivity index (χ4n) is 2.01. The summed E-state index contributed by atoms with van der Waals surface area (Å²) in [6.07, 6.45) is 0. The number of rotatable bonds is 6. The van der Waals surface area contributed by atoms with Crippen molar-refractivity contribution < 1.29 is 27.1 Å². The molecular formula is C17H16ClFN2O5S. The monoisotopic (exact) mass is 414 g/mol. The minimum absolute atomic E-state index is 0.00678. The van der Waals surface area contributed by atoms with Crippen molar-refractivity contribution in [3.63, 3.8) is 0 Å². The normalized spacial score (nSPS) is 11.3. The molecule has 0 aliphatic rings. The molecule has 1 amide bonds. The van der Waals surface area contributed by atoms with Crippen molar-refractivity contribution in [1.29, 1.82) is 0 Å². The van der Waals surface area contributed by atoms with E-state index in [-0.39, 0.29) is 21.2 Å². The van der Waals surface area contributed by atoms with Gasteiger partial charge in [-0.3, -0.25) is 4.79 Å². The maximum absolute atomic E-state index is 13.5. The first-order chi connectivity index (χ1) is 12.6. The Balaban J connectivity index is 2.06. The van der Waals surface area contributed by atoms with E-state index in [1.54, 1.807) is 0 Å². The number of ether oxygens (including phenoxy) is 1. The van der Waals surface area contributed by atoms with Crippen molar-refractivity contribution in [2.24, 2.45) is 0 Å². The molecular weight excluding hydrogens is 399 g/mol. The molecule has 0 aliphatic carbocycles. The summed E-state index contributed by atoms with van der Waals surface area (Å²) >= 11 is 5.92. The number of carbonyl (C=O) groups is 2. The van der Waals surface area contributed by atoms with E-state index in [1.807, 2.05) is 0 Å². The lowest BCUT2D eigenvalue weighted by Gasteiger charge is -2.14. The van der Waals surface area contributed by atoms with Crippen molar-refractivity contribution in [2.75, 3.05) is 26.0 Å². The van der Waals surface area contributed by atoms with E-state index < -0.39 is 34.3 Å². The highest BCUT2D eigenvalue weighted by Crippen LogP contribution is 2.26. The lowest BCUT2D eigenvalue weighted by atomic mass is 10.2. The Morgan fingerprint density at radius 3 is 2.48 bits per heavy atom. The topological polar surface area (TPSA) is 92.8 Å². The van der Waals surface area contributed by atoms with Gasteiger partial charge in [-0.25, -0.2) is 21.9 Å². The van der Waals surface area contributed by atoms with Gasteiger partial charge in [0.05, 0.1) is 10.6 Å². The summed E-state index contributed by atoms with van der Waals surface area (Å²) in [6.45, 7) is -0.675. The van der Waals surface area contributed by atoms with E-state index in [0.717, 1.165) is 10.4 Å². The van der Waals surface area contributed by atoms with Crippen LogP contribution in [0.1, 0.15) is 10.4 Å². The quantitative estimate of drug-likeness (QED) is 0.733. The van der Waals surface area contributed by atoms with Gasteiger partial charge in [-0.15, -0.1) is 0 Å². The van der Waals surface area contributed by atoms with E-state index >= 15 is 0 Å². The van der Waals surface area contributed by atoms with Gasteiger partial charge in [-0.05, 0) is 30.3 Å². The van der Waals surface area contributed by atoms with Gasteiger partial charge < -0.3 is 10.1 Å². The van der Waals surface area contributed by atoms with Crippen molar-refractivity contribution in [1.82, 2.24) is 4.31 Å². The van der Waals surface area contributed by atoms with Crippen LogP contribution in [0.4, 0.5) is 10.1 Å². The average Bonchev–Trinajstić information content (AvgIpc) is 2.61. The van der Waals surface area contributed by atoms with Crippen LogP contribution in [0, 0.1) is 5.82 Å². The van der Waals surface area contributed by atoms with Crippen LogP contribution in [0.25, 0.3) is 0 Å². The molecule has 0 bridgehead atoms. The lowest BCUT2D eigenvalue weighted by molar-refractivity contribution is -0.119. The number of hydrogen-bond acceptors (Lipinski definition) is 5. The van der Waals surface area contributed by atoms with Crippen molar-refractivity contribution in [2.45, 2.75) is 4.90 Å². The van der Waals surface area contributed by atoms with Crippen LogP contribution in [0.3, 0.4) is 0 Å². The predicted octanol–water partition coefficient (Wildman–Crippen LogP) is 2.52. The molecule has 0 atom stereocenters. The van der Waals surface area contributed by atoms with Crippen LogP contribution in [0.15, 0.2) is 47.4 Å². The minimum atomic E-state index is -3.81. The molecule has 0 heterocycles. The minimum Gasteiger partial charge on any atom is -0.452 e. The summed E-state index contributed by atoms with van der Waals surface area (Å²) in [5.41, 5.74) is -0.150. The summed E-state index contributed by atoms with van der Waals surface area (Å²) in [4.78, 5) is 23.5. The largest absolute Gasteiger partial charge is 0.452 e. The number of esters is 1. The van der Waals surface area contributed by atoms with Crippen molar-refractivity contribution in [3.8, 4) is 0 Å². The van der Waals surface area contributed by atoms with Crippen LogP contribution in [-0.4, -0.2) is 45.3 Å². The van der Waals surface area contributed by atoms with Gasteiger partial charge in [-0.2, -0.15) is 0 Å². The zero-order chi connectivity index (χ0) is 20.2. The third kappa shape index (κ3) is 5.03. The Morgan fingerprint density at radius 2 is 1.85 bits per heavy atom. The molecule has 7 nitrogen and oxygen atoms in total. The van der Waals surface area contributed by atoms with Gasteiger partial charge in [0.2, 0.25) is 10.0 Å². The van der Waals surface area contributed by atoms with Crippen molar-refractivity contribution in [3.05, 3.63) is 58.9 Å². The fraction of sp³-hybridized carbons (Fsp3) is 0.176. The number of benzene rings is 2. The number of hydrogen-bond donors (Lipinski definition) is 1. The highest BCUT2D eigenvalue weighted by atomic mass is 35.5. The van der Waals surface area contributed by atoms with Crippen molar-refractivity contribution >= 4 is 39.2 Å². The first kappa shape index (κ1) is 20.8. The van der Waals surface area contributed by atoms with Gasteiger partial charge in [0.25, 0.3) is 5.91 Å². The number of halogens is 2. The zero-order valence-corrected chi connectivity index (χ0v) is 16.0. The number of amides is 1. The van der Waals surface area contributed by atoms with Gasteiger partial charge in [0, 0.05) is 19.8 Å². The van der Waals surface area contributed by atoms with Crippen LogP contribution in [-0.2, 0) is 19.6 Å². The van der Waals surface area contributed by atoms with Crippen LogP contribution in [0.2, 0.25) is 5.02 Å². The zero-order valence-electron chi connectivity index (χ0n) is 14.4. The molecule has 2 aromatic carbocycles. The standard InChI is InChI=1S/C17H16ClFN2O5S/c1-21(2)27(24,25)15-9-11(7-8-13(15)18)20-16(22)10-26-17(23)12-5-3-4-6-14(12)19/h3-9H,10H2,1-2H3,(H,20,22). The van der Waals surface area contributed by atoms with Crippen LogP contribution in [0.5, 0.6) is 0 Å². The molecule has 144 valence electrons. The Hall–Kier alpha value is -2.49. The first-order valence-corrected chi connectivity index (χ1v) is 9.38. The molecule has 0 aliphatic heterocycles. The number of carbonyl (C=O) groups excluding carboxylic acids is 2. The second-order valence-corrected chi connectivity index (χ2v) is 8.06. The summed E-state index contributed by atoms with van der Waals surface area (Å²) in [6, 6.07) is 9.10. The van der Waals surface area contributed by atoms with Gasteiger partial charge >= 0.3 is 5.97 Å². The van der Waals surface area contributed by atoms with Gasteiger partial charge in [0.1, 0.15) is 10.7 Å². The number of anilines is 1. The van der Waals surface area contributed by atoms with Gasteiger partial charge in [0.15, 0.2) is 6.61 Å². The molecule has 1 N–H and O–H groups in total. The maximum atomic E-state index is 13.5. The maximum Gasteiger partial charge on any atom is 0.341 e. The SMILES string of the molecule is CN(C)S(=O)(=O)c1cc(NC(=O)COC(=O)c2ccccc2F)ccc1Cl. The van der Waals surface area contributed by atoms with E-state index in [4.69, 9.17) is 16.3 Å². The highest BCUT2D eigenvalue weighted by Gasteiger charge is 2.21. The second-order valence-electron chi connectivity index (χ2n) is 5.54. The highest BCUT2D eigenvalue weighted by molar-refractivity contribution is 7.89. The molecule has 0 radical (unpaired) electrons. The summed E-state index contributed by atoms with van der Waals surface area (Å²) < 4.78 is 43.7. The Bertz CT molecular complexity index is 979. The second kappa shape index (κ2) is 8.47. The summed E-state index contributed by atoms with van der Waals surface area (Å²) in [5.74, 6) is -2.48. The molecule has 0 saturated carbocycles. The third-order valence-corrected chi connectivity index (χ3v) is 5.70. The molecule has 0 aromatic heterocycles. The Morgan fingerprint density at radius 1 is 1.19 bits per heavy atom. The first-order valence-electron chi connectivity index (χ1n) is 7.56. The number of nitrogens with one attached hydrogen (secondary N) is 1. The molecule has 0 unspecified atom stereocenters. The molecule has 10 heteroatoms. The molecule has 2 rings (SSSR count). The van der Waals surface area contributed by atoms with E-state index in [2.05, 4.69) is 5.32 Å².